The van der Waals surface area contributed by atoms with Gasteiger partial charge in [0.2, 0.25) is 0 Å². The Labute approximate surface area is 120 Å². The molecule has 0 radical (unpaired) electrons. The zero-order valence-corrected chi connectivity index (χ0v) is 12.7. The minimum atomic E-state index is -0.450. The van der Waals surface area contributed by atoms with Crippen LogP contribution in [0.1, 0.15) is 38.7 Å². The average Bonchev–Trinajstić information content (AvgIpc) is 2.86. The van der Waals surface area contributed by atoms with Gasteiger partial charge in [0, 0.05) is 31.6 Å². The maximum atomic E-state index is 11.9. The number of carbonyl (C=O) groups is 1. The Balaban J connectivity index is 1.93. The van der Waals surface area contributed by atoms with Crippen LogP contribution in [0.3, 0.4) is 0 Å². The zero-order valence-electron chi connectivity index (χ0n) is 12.7. The number of rotatable bonds is 3. The normalized spacial score (nSPS) is 22.6. The largest absolute Gasteiger partial charge is 0.446 e. The summed E-state index contributed by atoms with van der Waals surface area (Å²) >= 11 is 0. The molecule has 1 aliphatic heterocycles. The number of ether oxygens (including phenoxy) is 1. The van der Waals surface area contributed by atoms with E-state index in [4.69, 9.17) is 4.74 Å². The molecule has 2 N–H and O–H groups in total. The van der Waals surface area contributed by atoms with E-state index in [-0.39, 0.29) is 12.2 Å². The second-order valence-corrected chi connectivity index (χ2v) is 6.36. The smallest absolute Gasteiger partial charge is 0.312 e. The SMILES string of the molecule is CNc1ccc(C2CNC(OC(=O)C(C)(C)C)C2)cc1. The average molecular weight is 276 g/mol. The highest BCUT2D eigenvalue weighted by Crippen LogP contribution is 2.28. The molecule has 2 rings (SSSR count). The van der Waals surface area contributed by atoms with E-state index in [2.05, 4.69) is 34.9 Å². The van der Waals surface area contributed by atoms with E-state index in [9.17, 15) is 4.79 Å². The summed E-state index contributed by atoms with van der Waals surface area (Å²) in [6.07, 6.45) is 0.663. The van der Waals surface area contributed by atoms with Crippen molar-refractivity contribution >= 4 is 11.7 Å². The van der Waals surface area contributed by atoms with E-state index in [1.165, 1.54) is 5.56 Å². The molecule has 0 aromatic heterocycles. The van der Waals surface area contributed by atoms with Crippen molar-refractivity contribution in [2.75, 3.05) is 18.9 Å². The fourth-order valence-corrected chi connectivity index (χ4v) is 2.27. The predicted octanol–water partition coefficient (Wildman–Crippen LogP) is 2.72. The molecule has 1 aromatic carbocycles. The molecule has 0 aliphatic carbocycles. The van der Waals surface area contributed by atoms with Gasteiger partial charge >= 0.3 is 5.97 Å². The Kier molecular flexibility index (Phi) is 4.33. The molecule has 4 nitrogen and oxygen atoms in total. The van der Waals surface area contributed by atoms with E-state index >= 15 is 0 Å². The van der Waals surface area contributed by atoms with Crippen molar-refractivity contribution in [3.05, 3.63) is 29.8 Å². The molecule has 1 fully saturated rings. The first-order chi connectivity index (χ1) is 9.40. The second kappa shape index (κ2) is 5.83. The number of nitrogens with one attached hydrogen (secondary N) is 2. The summed E-state index contributed by atoms with van der Waals surface area (Å²) < 4.78 is 5.51. The van der Waals surface area contributed by atoms with E-state index in [0.29, 0.717) is 5.92 Å². The third-order valence-electron chi connectivity index (χ3n) is 3.62. The lowest BCUT2D eigenvalue weighted by molar-refractivity contribution is -0.159. The third-order valence-corrected chi connectivity index (χ3v) is 3.62. The number of benzene rings is 1. The van der Waals surface area contributed by atoms with Gasteiger partial charge in [-0.05, 0) is 38.5 Å². The molecule has 4 heteroatoms. The molecule has 0 saturated carbocycles. The van der Waals surface area contributed by atoms with Gasteiger partial charge < -0.3 is 10.1 Å². The van der Waals surface area contributed by atoms with Crippen molar-refractivity contribution in [3.63, 3.8) is 0 Å². The van der Waals surface area contributed by atoms with Gasteiger partial charge in [-0.25, -0.2) is 0 Å². The van der Waals surface area contributed by atoms with Gasteiger partial charge in [-0.3, -0.25) is 10.1 Å². The van der Waals surface area contributed by atoms with E-state index in [1.807, 2.05) is 27.8 Å². The highest BCUT2D eigenvalue weighted by molar-refractivity contribution is 5.75. The number of anilines is 1. The van der Waals surface area contributed by atoms with Crippen LogP contribution in [-0.4, -0.2) is 25.8 Å². The molecule has 2 unspecified atom stereocenters. The van der Waals surface area contributed by atoms with Crippen molar-refractivity contribution in [2.45, 2.75) is 39.3 Å². The van der Waals surface area contributed by atoms with Gasteiger partial charge in [0.25, 0.3) is 0 Å². The highest BCUT2D eigenvalue weighted by Gasteiger charge is 2.31. The van der Waals surface area contributed by atoms with Gasteiger partial charge in [0.15, 0.2) is 6.23 Å². The van der Waals surface area contributed by atoms with Crippen molar-refractivity contribution in [1.29, 1.82) is 0 Å². The Morgan fingerprint density at radius 3 is 2.50 bits per heavy atom. The lowest BCUT2D eigenvalue weighted by Gasteiger charge is -2.20. The predicted molar refractivity (Wildman–Crippen MR) is 80.7 cm³/mol. The summed E-state index contributed by atoms with van der Waals surface area (Å²) in [7, 11) is 1.91. The molecular formula is C16H24N2O2. The lowest BCUT2D eigenvalue weighted by Crippen LogP contribution is -2.33. The summed E-state index contributed by atoms with van der Waals surface area (Å²) in [6.45, 7) is 6.47. The van der Waals surface area contributed by atoms with Crippen molar-refractivity contribution in [3.8, 4) is 0 Å². The van der Waals surface area contributed by atoms with Crippen LogP contribution in [0.5, 0.6) is 0 Å². The fourth-order valence-electron chi connectivity index (χ4n) is 2.27. The first-order valence-electron chi connectivity index (χ1n) is 7.12. The van der Waals surface area contributed by atoms with Crippen LogP contribution in [0.15, 0.2) is 24.3 Å². The fraction of sp³-hybridized carbons (Fsp3) is 0.562. The Morgan fingerprint density at radius 1 is 1.30 bits per heavy atom. The lowest BCUT2D eigenvalue weighted by atomic mass is 9.96. The van der Waals surface area contributed by atoms with Crippen LogP contribution in [0, 0.1) is 5.41 Å². The summed E-state index contributed by atoms with van der Waals surface area (Å²) in [5.74, 6) is 0.250. The molecular weight excluding hydrogens is 252 g/mol. The Morgan fingerprint density at radius 2 is 1.95 bits per heavy atom. The van der Waals surface area contributed by atoms with Gasteiger partial charge in [0.05, 0.1) is 5.41 Å². The van der Waals surface area contributed by atoms with Gasteiger partial charge in [-0.2, -0.15) is 0 Å². The molecule has 0 spiro atoms. The summed E-state index contributed by atoms with van der Waals surface area (Å²) in [5.41, 5.74) is 1.94. The van der Waals surface area contributed by atoms with Crippen LogP contribution >= 0.6 is 0 Å². The summed E-state index contributed by atoms with van der Waals surface area (Å²) in [4.78, 5) is 11.9. The quantitative estimate of drug-likeness (QED) is 0.833. The number of hydrogen-bond donors (Lipinski definition) is 2. The van der Waals surface area contributed by atoms with E-state index < -0.39 is 5.41 Å². The molecule has 1 saturated heterocycles. The molecule has 0 amide bonds. The van der Waals surface area contributed by atoms with Crippen molar-refractivity contribution in [1.82, 2.24) is 5.32 Å². The van der Waals surface area contributed by atoms with Crippen LogP contribution < -0.4 is 10.6 Å². The molecule has 0 bridgehead atoms. The van der Waals surface area contributed by atoms with Crippen molar-refractivity contribution in [2.24, 2.45) is 5.41 Å². The molecule has 1 aromatic rings. The third kappa shape index (κ3) is 3.51. The first-order valence-corrected chi connectivity index (χ1v) is 7.12. The molecule has 20 heavy (non-hydrogen) atoms. The topological polar surface area (TPSA) is 50.4 Å². The van der Waals surface area contributed by atoms with Gasteiger partial charge in [-0.15, -0.1) is 0 Å². The maximum absolute atomic E-state index is 11.9. The van der Waals surface area contributed by atoms with Crippen LogP contribution in [0.4, 0.5) is 5.69 Å². The molecule has 2 atom stereocenters. The summed E-state index contributed by atoms with van der Waals surface area (Å²) in [6, 6.07) is 8.41. The maximum Gasteiger partial charge on any atom is 0.312 e. The van der Waals surface area contributed by atoms with E-state index in [1.54, 1.807) is 0 Å². The van der Waals surface area contributed by atoms with Gasteiger partial charge in [0.1, 0.15) is 0 Å². The standard InChI is InChI=1S/C16H24N2O2/c1-16(2,3)15(19)20-14-9-12(10-18-14)11-5-7-13(17-4)8-6-11/h5-8,12,14,17-18H,9-10H2,1-4H3. The highest BCUT2D eigenvalue weighted by atomic mass is 16.6. The minimum absolute atomic E-state index is 0.152. The van der Waals surface area contributed by atoms with E-state index in [0.717, 1.165) is 18.7 Å². The first kappa shape index (κ1) is 14.9. The van der Waals surface area contributed by atoms with Crippen LogP contribution in [-0.2, 0) is 9.53 Å². The number of esters is 1. The number of carbonyl (C=O) groups excluding carboxylic acids is 1. The summed E-state index contributed by atoms with van der Waals surface area (Å²) in [5, 5.41) is 6.39. The van der Waals surface area contributed by atoms with Crippen molar-refractivity contribution < 1.29 is 9.53 Å². The number of hydrogen-bond acceptors (Lipinski definition) is 4. The Bertz CT molecular complexity index is 462. The molecule has 1 heterocycles. The monoisotopic (exact) mass is 276 g/mol. The molecule has 1 aliphatic rings. The van der Waals surface area contributed by atoms with Crippen LogP contribution in [0.2, 0.25) is 0 Å². The second-order valence-electron chi connectivity index (χ2n) is 6.36. The Hall–Kier alpha value is -1.55. The van der Waals surface area contributed by atoms with Crippen LogP contribution in [0.25, 0.3) is 0 Å². The zero-order chi connectivity index (χ0) is 14.8. The molecule has 110 valence electrons. The minimum Gasteiger partial charge on any atom is -0.446 e. The van der Waals surface area contributed by atoms with Gasteiger partial charge in [-0.1, -0.05) is 12.1 Å².